The van der Waals surface area contributed by atoms with Crippen LogP contribution < -0.4 is 0 Å². The number of ether oxygens (including phenoxy) is 1. The Balaban J connectivity index is 1.74. The molecule has 0 heterocycles. The number of esters is 1. The van der Waals surface area contributed by atoms with Gasteiger partial charge in [-0.05, 0) is 48.3 Å². The highest BCUT2D eigenvalue weighted by atomic mass is 16.5. The van der Waals surface area contributed by atoms with Gasteiger partial charge in [0, 0.05) is 5.41 Å². The standard InChI is InChI=1S/C18H24O3/c1-17(2)14-8-9-18(17,3)15(10-14)21-16(20)13-6-4-12(11-19)5-7-13/h4-7,14-15,19H,8-11H2,1-3H3. The third-order valence-electron chi connectivity index (χ3n) is 6.34. The summed E-state index contributed by atoms with van der Waals surface area (Å²) in [6.07, 6.45) is 3.41. The van der Waals surface area contributed by atoms with Gasteiger partial charge < -0.3 is 9.84 Å². The second kappa shape index (κ2) is 4.84. The Morgan fingerprint density at radius 3 is 2.43 bits per heavy atom. The molecular formula is C18H24O3. The predicted octanol–water partition coefficient (Wildman–Crippen LogP) is 3.55. The molecule has 2 aliphatic carbocycles. The molecule has 0 radical (unpaired) electrons. The van der Waals surface area contributed by atoms with Crippen molar-refractivity contribution in [2.75, 3.05) is 0 Å². The van der Waals surface area contributed by atoms with Crippen LogP contribution in [0.25, 0.3) is 0 Å². The van der Waals surface area contributed by atoms with Crippen molar-refractivity contribution >= 4 is 5.97 Å². The van der Waals surface area contributed by atoms with E-state index in [-0.39, 0.29) is 29.5 Å². The zero-order valence-electron chi connectivity index (χ0n) is 13.1. The second-order valence-corrected chi connectivity index (χ2v) is 7.36. The van der Waals surface area contributed by atoms with Crippen molar-refractivity contribution in [3.63, 3.8) is 0 Å². The van der Waals surface area contributed by atoms with E-state index in [9.17, 15) is 4.79 Å². The van der Waals surface area contributed by atoms with Crippen LogP contribution in [0.5, 0.6) is 0 Å². The van der Waals surface area contributed by atoms with Crippen LogP contribution in [-0.4, -0.2) is 17.2 Å². The Morgan fingerprint density at radius 1 is 1.29 bits per heavy atom. The van der Waals surface area contributed by atoms with Gasteiger partial charge in [-0.3, -0.25) is 0 Å². The van der Waals surface area contributed by atoms with Crippen molar-refractivity contribution < 1.29 is 14.6 Å². The maximum Gasteiger partial charge on any atom is 0.338 e. The molecule has 2 saturated carbocycles. The first-order valence-corrected chi connectivity index (χ1v) is 7.79. The van der Waals surface area contributed by atoms with Gasteiger partial charge in [0.05, 0.1) is 12.2 Å². The quantitative estimate of drug-likeness (QED) is 0.865. The maximum absolute atomic E-state index is 12.3. The first-order valence-electron chi connectivity index (χ1n) is 7.79. The molecule has 2 aliphatic rings. The van der Waals surface area contributed by atoms with Crippen LogP contribution in [0.15, 0.2) is 24.3 Å². The Bertz CT molecular complexity index is 546. The number of rotatable bonds is 3. The molecule has 3 heteroatoms. The largest absolute Gasteiger partial charge is 0.458 e. The lowest BCUT2D eigenvalue weighted by Gasteiger charge is -2.38. The van der Waals surface area contributed by atoms with Crippen molar-refractivity contribution in [2.45, 2.75) is 52.7 Å². The number of aliphatic hydroxyl groups is 1. The van der Waals surface area contributed by atoms with Gasteiger partial charge >= 0.3 is 5.97 Å². The maximum atomic E-state index is 12.3. The lowest BCUT2D eigenvalue weighted by Crippen LogP contribution is -2.38. The third kappa shape index (κ3) is 2.10. The van der Waals surface area contributed by atoms with Gasteiger partial charge in [0.15, 0.2) is 0 Å². The number of aliphatic hydroxyl groups excluding tert-OH is 1. The van der Waals surface area contributed by atoms with Crippen LogP contribution in [0, 0.1) is 16.7 Å². The number of benzene rings is 1. The summed E-state index contributed by atoms with van der Waals surface area (Å²) in [5.41, 5.74) is 1.72. The summed E-state index contributed by atoms with van der Waals surface area (Å²) < 4.78 is 5.84. The molecule has 0 saturated heterocycles. The highest BCUT2D eigenvalue weighted by molar-refractivity contribution is 5.89. The first-order chi connectivity index (χ1) is 9.88. The number of carbonyl (C=O) groups is 1. The molecular weight excluding hydrogens is 264 g/mol. The molecule has 0 spiro atoms. The fourth-order valence-corrected chi connectivity index (χ4v) is 4.25. The molecule has 2 fully saturated rings. The Kier molecular flexibility index (Phi) is 3.36. The van der Waals surface area contributed by atoms with Gasteiger partial charge in [-0.2, -0.15) is 0 Å². The average Bonchev–Trinajstić information content (AvgIpc) is 2.80. The molecule has 3 atom stereocenters. The smallest absolute Gasteiger partial charge is 0.338 e. The highest BCUT2D eigenvalue weighted by Gasteiger charge is 2.62. The summed E-state index contributed by atoms with van der Waals surface area (Å²) in [6, 6.07) is 7.00. The Hall–Kier alpha value is -1.35. The van der Waals surface area contributed by atoms with E-state index in [1.807, 2.05) is 0 Å². The molecule has 1 N–H and O–H groups in total. The molecule has 0 amide bonds. The summed E-state index contributed by atoms with van der Waals surface area (Å²) in [6.45, 7) is 6.89. The Labute approximate surface area is 126 Å². The zero-order valence-corrected chi connectivity index (χ0v) is 13.1. The molecule has 3 nitrogen and oxygen atoms in total. The van der Waals surface area contributed by atoms with E-state index in [1.165, 1.54) is 6.42 Å². The second-order valence-electron chi connectivity index (χ2n) is 7.36. The Morgan fingerprint density at radius 2 is 1.95 bits per heavy atom. The highest BCUT2D eigenvalue weighted by Crippen LogP contribution is 2.66. The van der Waals surface area contributed by atoms with E-state index in [0.717, 1.165) is 18.4 Å². The summed E-state index contributed by atoms with van der Waals surface area (Å²) >= 11 is 0. The summed E-state index contributed by atoms with van der Waals surface area (Å²) in [7, 11) is 0. The number of hydrogen-bond donors (Lipinski definition) is 1. The third-order valence-corrected chi connectivity index (χ3v) is 6.34. The predicted molar refractivity (Wildman–Crippen MR) is 80.8 cm³/mol. The molecule has 0 aliphatic heterocycles. The molecule has 1 aromatic rings. The minimum atomic E-state index is -0.242. The minimum Gasteiger partial charge on any atom is -0.458 e. The van der Waals surface area contributed by atoms with E-state index in [1.54, 1.807) is 24.3 Å². The normalized spacial score (nSPS) is 33.1. The SMILES string of the molecule is CC1(C)C2CCC1(C)C(OC(=O)c1ccc(CO)cc1)C2. The first kappa shape index (κ1) is 14.6. The summed E-state index contributed by atoms with van der Waals surface area (Å²) in [5.74, 6) is 0.422. The summed E-state index contributed by atoms with van der Waals surface area (Å²) in [4.78, 5) is 12.3. The average molecular weight is 288 g/mol. The molecule has 1 aromatic carbocycles. The van der Waals surface area contributed by atoms with Crippen LogP contribution in [0.4, 0.5) is 0 Å². The van der Waals surface area contributed by atoms with Gasteiger partial charge in [-0.15, -0.1) is 0 Å². The van der Waals surface area contributed by atoms with E-state index in [0.29, 0.717) is 11.5 Å². The van der Waals surface area contributed by atoms with Crippen molar-refractivity contribution in [1.82, 2.24) is 0 Å². The lowest BCUT2D eigenvalue weighted by atomic mass is 9.70. The van der Waals surface area contributed by atoms with Crippen molar-refractivity contribution in [3.05, 3.63) is 35.4 Å². The van der Waals surface area contributed by atoms with Gasteiger partial charge in [0.25, 0.3) is 0 Å². The minimum absolute atomic E-state index is 0.00804. The van der Waals surface area contributed by atoms with Crippen LogP contribution in [0.2, 0.25) is 0 Å². The topological polar surface area (TPSA) is 46.5 Å². The van der Waals surface area contributed by atoms with Gasteiger partial charge in [-0.1, -0.05) is 32.9 Å². The van der Waals surface area contributed by atoms with Gasteiger partial charge in [-0.25, -0.2) is 4.79 Å². The van der Waals surface area contributed by atoms with E-state index in [2.05, 4.69) is 20.8 Å². The van der Waals surface area contributed by atoms with Crippen LogP contribution in [0.3, 0.4) is 0 Å². The fourth-order valence-electron chi connectivity index (χ4n) is 4.25. The van der Waals surface area contributed by atoms with Gasteiger partial charge in [0.2, 0.25) is 0 Å². The van der Waals surface area contributed by atoms with Crippen LogP contribution in [0.1, 0.15) is 56.0 Å². The van der Waals surface area contributed by atoms with Crippen LogP contribution in [-0.2, 0) is 11.3 Å². The molecule has 21 heavy (non-hydrogen) atoms. The fraction of sp³-hybridized carbons (Fsp3) is 0.611. The van der Waals surface area contributed by atoms with Gasteiger partial charge in [0.1, 0.15) is 6.10 Å². The van der Waals surface area contributed by atoms with Crippen LogP contribution >= 0.6 is 0 Å². The molecule has 2 bridgehead atoms. The van der Waals surface area contributed by atoms with E-state index >= 15 is 0 Å². The number of fused-ring (bicyclic) bond motifs is 2. The van der Waals surface area contributed by atoms with E-state index in [4.69, 9.17) is 9.84 Å². The lowest BCUT2D eigenvalue weighted by molar-refractivity contribution is -0.0242. The van der Waals surface area contributed by atoms with Crippen molar-refractivity contribution in [3.8, 4) is 0 Å². The number of hydrogen-bond acceptors (Lipinski definition) is 3. The monoisotopic (exact) mass is 288 g/mol. The summed E-state index contributed by atoms with van der Waals surface area (Å²) in [5, 5.41) is 9.04. The molecule has 3 rings (SSSR count). The van der Waals surface area contributed by atoms with Crippen molar-refractivity contribution in [1.29, 1.82) is 0 Å². The zero-order chi connectivity index (χ0) is 15.3. The van der Waals surface area contributed by atoms with E-state index < -0.39 is 0 Å². The molecule has 3 unspecified atom stereocenters. The molecule has 114 valence electrons. The molecule has 0 aromatic heterocycles. The number of carbonyl (C=O) groups excluding carboxylic acids is 1. The van der Waals surface area contributed by atoms with Crippen molar-refractivity contribution in [2.24, 2.45) is 16.7 Å².